The minimum absolute atomic E-state index is 0.191. The summed E-state index contributed by atoms with van der Waals surface area (Å²) in [5, 5.41) is 7.46. The number of nitrogens with zero attached hydrogens (tertiary/aromatic N) is 2. The van der Waals surface area contributed by atoms with Gasteiger partial charge in [-0.25, -0.2) is 4.39 Å². The van der Waals surface area contributed by atoms with E-state index in [1.165, 1.54) is 24.3 Å². The third-order valence-corrected chi connectivity index (χ3v) is 7.04. The molecule has 9 heteroatoms. The van der Waals surface area contributed by atoms with Crippen LogP contribution in [0, 0.1) is 5.82 Å². The number of hydrogen-bond donors (Lipinski definition) is 2. The first-order valence-electron chi connectivity index (χ1n) is 11.4. The maximum atomic E-state index is 13.2. The standard InChI is InChI=1S/C27H23FN4O2S2/c28-18-9-11-19(12-10-18)30-23(33)15-17-32-26(25(31-27(32)35)21-8-4-5-16-29-21)22-13-14-24(34-22)36-20-6-2-1-3-7-20/h1-14,16,25-26H,15,17H2,(H,30,33)(H,31,35)/t25-,26+/m0/s1. The van der Waals surface area contributed by atoms with Gasteiger partial charge in [-0.05, 0) is 72.9 Å². The van der Waals surface area contributed by atoms with Crippen LogP contribution in [0.1, 0.15) is 30.0 Å². The molecule has 1 fully saturated rings. The minimum atomic E-state index is -0.354. The Labute approximate surface area is 217 Å². The van der Waals surface area contributed by atoms with E-state index in [0.717, 1.165) is 21.4 Å². The smallest absolute Gasteiger partial charge is 0.226 e. The quantitative estimate of drug-likeness (QED) is 0.279. The van der Waals surface area contributed by atoms with Crippen LogP contribution in [0.3, 0.4) is 0 Å². The van der Waals surface area contributed by atoms with Crippen molar-refractivity contribution in [3.05, 3.63) is 108 Å². The molecule has 0 unspecified atom stereocenters. The van der Waals surface area contributed by atoms with Gasteiger partial charge in [0.1, 0.15) is 17.6 Å². The maximum absolute atomic E-state index is 13.2. The van der Waals surface area contributed by atoms with E-state index in [9.17, 15) is 9.18 Å². The fraction of sp³-hybridized carbons (Fsp3) is 0.148. The first kappa shape index (κ1) is 24.0. The van der Waals surface area contributed by atoms with Gasteiger partial charge in [-0.2, -0.15) is 0 Å². The Morgan fingerprint density at radius 2 is 1.83 bits per heavy atom. The molecule has 182 valence electrons. The summed E-state index contributed by atoms with van der Waals surface area (Å²) in [6.07, 6.45) is 1.94. The zero-order valence-corrected chi connectivity index (χ0v) is 20.8. The summed E-state index contributed by atoms with van der Waals surface area (Å²) in [4.78, 5) is 20.2. The van der Waals surface area contributed by atoms with Gasteiger partial charge in [0.25, 0.3) is 0 Å². The summed E-state index contributed by atoms with van der Waals surface area (Å²) in [6, 6.07) is 24.8. The van der Waals surface area contributed by atoms with E-state index in [4.69, 9.17) is 16.6 Å². The Morgan fingerprint density at radius 3 is 2.58 bits per heavy atom. The number of aromatic nitrogens is 1. The molecule has 0 spiro atoms. The van der Waals surface area contributed by atoms with Crippen molar-refractivity contribution in [3.8, 4) is 0 Å². The number of hydrogen-bond acceptors (Lipinski definition) is 5. The molecule has 3 heterocycles. The fourth-order valence-electron chi connectivity index (χ4n) is 4.09. The van der Waals surface area contributed by atoms with Crippen molar-refractivity contribution in [2.45, 2.75) is 28.5 Å². The first-order chi connectivity index (χ1) is 17.6. The summed E-state index contributed by atoms with van der Waals surface area (Å²) in [7, 11) is 0. The number of nitrogens with one attached hydrogen (secondary N) is 2. The van der Waals surface area contributed by atoms with E-state index in [0.29, 0.717) is 17.3 Å². The van der Waals surface area contributed by atoms with Crippen LogP contribution in [0.5, 0.6) is 0 Å². The van der Waals surface area contributed by atoms with Gasteiger partial charge in [-0.1, -0.05) is 36.0 Å². The number of rotatable bonds is 8. The van der Waals surface area contributed by atoms with Crippen LogP contribution in [0.15, 0.2) is 106 Å². The number of benzene rings is 2. The molecule has 0 saturated carbocycles. The highest BCUT2D eigenvalue weighted by Gasteiger charge is 2.41. The third kappa shape index (κ3) is 5.58. The summed E-state index contributed by atoms with van der Waals surface area (Å²) in [5.74, 6) is 0.188. The van der Waals surface area contributed by atoms with Crippen molar-refractivity contribution in [3.63, 3.8) is 0 Å². The van der Waals surface area contributed by atoms with E-state index >= 15 is 0 Å². The van der Waals surface area contributed by atoms with Crippen molar-refractivity contribution in [2.24, 2.45) is 0 Å². The van der Waals surface area contributed by atoms with Gasteiger partial charge in [0.05, 0.1) is 11.7 Å². The Morgan fingerprint density at radius 1 is 1.06 bits per heavy atom. The molecule has 4 aromatic rings. The van der Waals surface area contributed by atoms with Gasteiger partial charge < -0.3 is 20.0 Å². The normalized spacial score (nSPS) is 17.1. The molecular weight excluding hydrogens is 495 g/mol. The molecule has 6 nitrogen and oxygen atoms in total. The predicted molar refractivity (Wildman–Crippen MR) is 141 cm³/mol. The topological polar surface area (TPSA) is 70.4 Å². The highest BCUT2D eigenvalue weighted by atomic mass is 32.2. The number of pyridine rings is 1. The molecule has 5 rings (SSSR count). The van der Waals surface area contributed by atoms with Crippen LogP contribution in [-0.4, -0.2) is 27.4 Å². The van der Waals surface area contributed by atoms with Crippen LogP contribution >= 0.6 is 24.0 Å². The number of carbonyl (C=O) groups excluding carboxylic acids is 1. The van der Waals surface area contributed by atoms with E-state index in [1.54, 1.807) is 18.0 Å². The van der Waals surface area contributed by atoms with Crippen LogP contribution in [0.25, 0.3) is 0 Å². The summed E-state index contributed by atoms with van der Waals surface area (Å²) in [6.45, 7) is 0.370. The lowest BCUT2D eigenvalue weighted by atomic mass is 10.0. The molecule has 0 aliphatic carbocycles. The van der Waals surface area contributed by atoms with E-state index in [-0.39, 0.29) is 30.2 Å². The summed E-state index contributed by atoms with van der Waals surface area (Å²) < 4.78 is 19.4. The third-order valence-electron chi connectivity index (χ3n) is 5.76. The van der Waals surface area contributed by atoms with Crippen LogP contribution in [0.4, 0.5) is 10.1 Å². The van der Waals surface area contributed by atoms with E-state index in [2.05, 4.69) is 15.6 Å². The van der Waals surface area contributed by atoms with Crippen molar-refractivity contribution in [2.75, 3.05) is 11.9 Å². The van der Waals surface area contributed by atoms with Crippen LogP contribution in [-0.2, 0) is 4.79 Å². The van der Waals surface area contributed by atoms with Gasteiger partial charge in [0, 0.05) is 29.7 Å². The minimum Gasteiger partial charge on any atom is -0.452 e. The zero-order chi connectivity index (χ0) is 24.9. The molecule has 1 saturated heterocycles. The molecule has 2 aromatic carbocycles. The lowest BCUT2D eigenvalue weighted by Gasteiger charge is -2.25. The number of thiocarbonyl (C=S) groups is 1. The Hall–Kier alpha value is -3.69. The van der Waals surface area contributed by atoms with Gasteiger partial charge in [-0.3, -0.25) is 9.78 Å². The second-order valence-corrected chi connectivity index (χ2v) is 9.66. The second kappa shape index (κ2) is 10.9. The largest absolute Gasteiger partial charge is 0.452 e. The van der Waals surface area contributed by atoms with Gasteiger partial charge >= 0.3 is 0 Å². The van der Waals surface area contributed by atoms with Crippen LogP contribution in [0.2, 0.25) is 0 Å². The van der Waals surface area contributed by atoms with Crippen LogP contribution < -0.4 is 10.6 Å². The van der Waals surface area contributed by atoms with Crippen molar-refractivity contribution in [1.82, 2.24) is 15.2 Å². The Balaban J connectivity index is 1.35. The van der Waals surface area contributed by atoms with Gasteiger partial charge in [0.15, 0.2) is 10.2 Å². The highest BCUT2D eigenvalue weighted by Crippen LogP contribution is 2.41. The Bertz CT molecular complexity index is 1330. The molecule has 2 atom stereocenters. The molecule has 1 aliphatic rings. The average molecular weight is 519 g/mol. The zero-order valence-electron chi connectivity index (χ0n) is 19.1. The molecule has 36 heavy (non-hydrogen) atoms. The maximum Gasteiger partial charge on any atom is 0.226 e. The van der Waals surface area contributed by atoms with Gasteiger partial charge in [-0.15, -0.1) is 0 Å². The molecular formula is C27H23FN4O2S2. The predicted octanol–water partition coefficient (Wildman–Crippen LogP) is 5.97. The molecule has 1 amide bonds. The second-order valence-electron chi connectivity index (χ2n) is 8.20. The lowest BCUT2D eigenvalue weighted by molar-refractivity contribution is -0.116. The number of anilines is 1. The number of halogens is 1. The molecule has 2 aromatic heterocycles. The molecule has 0 bridgehead atoms. The summed E-state index contributed by atoms with van der Waals surface area (Å²) >= 11 is 7.21. The molecule has 2 N–H and O–H groups in total. The van der Waals surface area contributed by atoms with Crippen molar-refractivity contribution in [1.29, 1.82) is 0 Å². The number of amides is 1. The van der Waals surface area contributed by atoms with E-state index < -0.39 is 0 Å². The molecule has 1 aliphatic heterocycles. The van der Waals surface area contributed by atoms with Gasteiger partial charge in [0.2, 0.25) is 5.91 Å². The lowest BCUT2D eigenvalue weighted by Crippen LogP contribution is -2.32. The average Bonchev–Trinajstić information content (AvgIpc) is 3.49. The fourth-order valence-corrected chi connectivity index (χ4v) is 5.22. The first-order valence-corrected chi connectivity index (χ1v) is 12.7. The van der Waals surface area contributed by atoms with Crippen molar-refractivity contribution < 1.29 is 13.6 Å². The number of furan rings is 1. The molecule has 0 radical (unpaired) electrons. The number of carbonyl (C=O) groups is 1. The SMILES string of the molecule is O=C(CCN1C(=S)N[C@@H](c2ccccn2)[C@H]1c1ccc(Sc2ccccc2)o1)Nc1ccc(F)cc1. The Kier molecular flexibility index (Phi) is 7.29. The summed E-state index contributed by atoms with van der Waals surface area (Å²) in [5.41, 5.74) is 1.37. The highest BCUT2D eigenvalue weighted by molar-refractivity contribution is 7.99. The van der Waals surface area contributed by atoms with Crippen molar-refractivity contribution >= 4 is 40.7 Å². The van der Waals surface area contributed by atoms with E-state index in [1.807, 2.05) is 65.6 Å². The monoisotopic (exact) mass is 518 g/mol.